The summed E-state index contributed by atoms with van der Waals surface area (Å²) < 4.78 is 0. The SMILES string of the molecule is Cc1ccnc2[nH]c(CC(N)=O)cc12. The van der Waals surface area contributed by atoms with Crippen molar-refractivity contribution >= 4 is 16.9 Å². The highest BCUT2D eigenvalue weighted by atomic mass is 16.1. The first-order valence-corrected chi connectivity index (χ1v) is 4.38. The molecule has 1 amide bonds. The van der Waals surface area contributed by atoms with Gasteiger partial charge < -0.3 is 10.7 Å². The molecule has 0 unspecified atom stereocenters. The highest BCUT2D eigenvalue weighted by Crippen LogP contribution is 2.16. The van der Waals surface area contributed by atoms with Crippen molar-refractivity contribution in [3.63, 3.8) is 0 Å². The van der Waals surface area contributed by atoms with Gasteiger partial charge in [0.15, 0.2) is 0 Å². The van der Waals surface area contributed by atoms with Crippen LogP contribution in [0, 0.1) is 6.92 Å². The molecule has 3 N–H and O–H groups in total. The van der Waals surface area contributed by atoms with Gasteiger partial charge in [0, 0.05) is 17.3 Å². The first-order chi connectivity index (χ1) is 6.66. The van der Waals surface area contributed by atoms with Crippen LogP contribution in [-0.4, -0.2) is 15.9 Å². The van der Waals surface area contributed by atoms with E-state index in [1.165, 1.54) is 0 Å². The molecule has 0 bridgehead atoms. The molecule has 0 fully saturated rings. The average Bonchev–Trinajstić information content (AvgIpc) is 2.47. The number of rotatable bonds is 2. The minimum Gasteiger partial charge on any atom is -0.369 e. The highest BCUT2D eigenvalue weighted by Gasteiger charge is 2.05. The monoisotopic (exact) mass is 189 g/mol. The summed E-state index contributed by atoms with van der Waals surface area (Å²) in [4.78, 5) is 17.9. The average molecular weight is 189 g/mol. The lowest BCUT2D eigenvalue weighted by Crippen LogP contribution is -2.13. The summed E-state index contributed by atoms with van der Waals surface area (Å²) in [6, 6.07) is 3.85. The number of carbonyl (C=O) groups is 1. The Labute approximate surface area is 81.1 Å². The zero-order chi connectivity index (χ0) is 10.1. The maximum atomic E-state index is 10.7. The molecule has 0 saturated heterocycles. The number of pyridine rings is 1. The number of hydrogen-bond donors (Lipinski definition) is 2. The van der Waals surface area contributed by atoms with E-state index in [2.05, 4.69) is 9.97 Å². The van der Waals surface area contributed by atoms with Crippen molar-refractivity contribution in [1.29, 1.82) is 0 Å². The zero-order valence-electron chi connectivity index (χ0n) is 7.87. The Bertz CT molecular complexity index is 487. The Balaban J connectivity index is 2.51. The Morgan fingerprint density at radius 1 is 1.64 bits per heavy atom. The smallest absolute Gasteiger partial charge is 0.223 e. The zero-order valence-corrected chi connectivity index (χ0v) is 7.87. The van der Waals surface area contributed by atoms with E-state index in [1.54, 1.807) is 6.20 Å². The molecular formula is C10H11N3O. The van der Waals surface area contributed by atoms with E-state index in [0.717, 1.165) is 22.3 Å². The topological polar surface area (TPSA) is 71.8 Å². The number of aromatic amines is 1. The summed E-state index contributed by atoms with van der Waals surface area (Å²) in [5.41, 5.74) is 7.87. The van der Waals surface area contributed by atoms with E-state index in [0.29, 0.717) is 0 Å². The molecule has 2 heterocycles. The largest absolute Gasteiger partial charge is 0.369 e. The van der Waals surface area contributed by atoms with Gasteiger partial charge in [0.1, 0.15) is 5.65 Å². The van der Waals surface area contributed by atoms with Crippen molar-refractivity contribution in [2.24, 2.45) is 5.73 Å². The van der Waals surface area contributed by atoms with Gasteiger partial charge in [0.2, 0.25) is 5.91 Å². The van der Waals surface area contributed by atoms with E-state index in [4.69, 9.17) is 5.73 Å². The van der Waals surface area contributed by atoms with Crippen LogP contribution in [0.15, 0.2) is 18.3 Å². The van der Waals surface area contributed by atoms with Gasteiger partial charge >= 0.3 is 0 Å². The molecule has 0 radical (unpaired) electrons. The molecule has 4 nitrogen and oxygen atoms in total. The van der Waals surface area contributed by atoms with Crippen LogP contribution in [0.5, 0.6) is 0 Å². The van der Waals surface area contributed by atoms with E-state index < -0.39 is 0 Å². The molecule has 2 rings (SSSR count). The summed E-state index contributed by atoms with van der Waals surface area (Å²) in [7, 11) is 0. The Kier molecular flexibility index (Phi) is 1.96. The van der Waals surface area contributed by atoms with Crippen molar-refractivity contribution in [1.82, 2.24) is 9.97 Å². The molecule has 2 aromatic rings. The summed E-state index contributed by atoms with van der Waals surface area (Å²) >= 11 is 0. The number of amides is 1. The number of nitrogens with one attached hydrogen (secondary N) is 1. The van der Waals surface area contributed by atoms with E-state index in [-0.39, 0.29) is 12.3 Å². The van der Waals surface area contributed by atoms with Gasteiger partial charge in [0.25, 0.3) is 0 Å². The second kappa shape index (κ2) is 3.14. The van der Waals surface area contributed by atoms with Gasteiger partial charge in [-0.2, -0.15) is 0 Å². The standard InChI is InChI=1S/C10H11N3O/c1-6-2-3-12-10-8(6)4-7(13-10)5-9(11)14/h2-4H,5H2,1H3,(H2,11,14)(H,12,13). The second-order valence-electron chi connectivity index (χ2n) is 3.33. The third kappa shape index (κ3) is 1.46. The number of aryl methyl sites for hydroxylation is 1. The molecule has 0 atom stereocenters. The summed E-state index contributed by atoms with van der Waals surface area (Å²) in [5, 5.41) is 1.05. The van der Waals surface area contributed by atoms with Gasteiger partial charge in [-0.25, -0.2) is 4.98 Å². The van der Waals surface area contributed by atoms with Crippen molar-refractivity contribution in [2.75, 3.05) is 0 Å². The van der Waals surface area contributed by atoms with Crippen LogP contribution in [0.1, 0.15) is 11.3 Å². The van der Waals surface area contributed by atoms with Crippen LogP contribution < -0.4 is 5.73 Å². The van der Waals surface area contributed by atoms with Gasteiger partial charge in [0.05, 0.1) is 6.42 Å². The Morgan fingerprint density at radius 3 is 3.07 bits per heavy atom. The maximum absolute atomic E-state index is 10.7. The van der Waals surface area contributed by atoms with Crippen LogP contribution in [0.3, 0.4) is 0 Å². The number of fused-ring (bicyclic) bond motifs is 1. The Hall–Kier alpha value is -1.84. The van der Waals surface area contributed by atoms with Crippen molar-refractivity contribution in [2.45, 2.75) is 13.3 Å². The summed E-state index contributed by atoms with van der Waals surface area (Å²) in [6.45, 7) is 2.01. The summed E-state index contributed by atoms with van der Waals surface area (Å²) in [6.07, 6.45) is 1.97. The number of hydrogen-bond acceptors (Lipinski definition) is 2. The van der Waals surface area contributed by atoms with Crippen LogP contribution in [-0.2, 0) is 11.2 Å². The van der Waals surface area contributed by atoms with Gasteiger partial charge in [-0.15, -0.1) is 0 Å². The molecule has 0 aliphatic rings. The number of nitrogens with zero attached hydrogens (tertiary/aromatic N) is 1. The minimum absolute atomic E-state index is 0.232. The Morgan fingerprint density at radius 2 is 2.43 bits per heavy atom. The first-order valence-electron chi connectivity index (χ1n) is 4.38. The molecule has 2 aromatic heterocycles. The fourth-order valence-corrected chi connectivity index (χ4v) is 1.50. The van der Waals surface area contributed by atoms with Crippen molar-refractivity contribution < 1.29 is 4.79 Å². The van der Waals surface area contributed by atoms with E-state index in [9.17, 15) is 4.79 Å². The van der Waals surface area contributed by atoms with Crippen LogP contribution >= 0.6 is 0 Å². The van der Waals surface area contributed by atoms with Crippen LogP contribution in [0.2, 0.25) is 0 Å². The molecular weight excluding hydrogens is 178 g/mol. The number of nitrogens with two attached hydrogens (primary N) is 1. The molecule has 0 spiro atoms. The number of primary amides is 1. The third-order valence-corrected chi connectivity index (χ3v) is 2.17. The maximum Gasteiger partial charge on any atom is 0.223 e. The fraction of sp³-hybridized carbons (Fsp3) is 0.200. The molecule has 0 saturated carbocycles. The van der Waals surface area contributed by atoms with E-state index in [1.807, 2.05) is 19.1 Å². The molecule has 72 valence electrons. The van der Waals surface area contributed by atoms with Gasteiger partial charge in [-0.1, -0.05) is 0 Å². The molecule has 14 heavy (non-hydrogen) atoms. The minimum atomic E-state index is -0.339. The fourth-order valence-electron chi connectivity index (χ4n) is 1.50. The second-order valence-corrected chi connectivity index (χ2v) is 3.33. The number of carbonyl (C=O) groups excluding carboxylic acids is 1. The first kappa shape index (κ1) is 8.74. The van der Waals surface area contributed by atoms with Crippen molar-refractivity contribution in [3.8, 4) is 0 Å². The lowest BCUT2D eigenvalue weighted by molar-refractivity contribution is -0.117. The van der Waals surface area contributed by atoms with E-state index >= 15 is 0 Å². The van der Waals surface area contributed by atoms with Crippen LogP contribution in [0.25, 0.3) is 11.0 Å². The van der Waals surface area contributed by atoms with Crippen molar-refractivity contribution in [3.05, 3.63) is 29.6 Å². The number of aromatic nitrogens is 2. The highest BCUT2D eigenvalue weighted by molar-refractivity contribution is 5.83. The molecule has 4 heteroatoms. The predicted molar refractivity (Wildman–Crippen MR) is 53.7 cm³/mol. The summed E-state index contributed by atoms with van der Waals surface area (Å²) in [5.74, 6) is -0.339. The molecule has 0 aliphatic heterocycles. The van der Waals surface area contributed by atoms with Crippen LogP contribution in [0.4, 0.5) is 0 Å². The third-order valence-electron chi connectivity index (χ3n) is 2.17. The molecule has 0 aromatic carbocycles. The predicted octanol–water partition coefficient (Wildman–Crippen LogP) is 0.899. The quantitative estimate of drug-likeness (QED) is 0.736. The normalized spacial score (nSPS) is 10.6. The molecule has 0 aliphatic carbocycles. The van der Waals surface area contributed by atoms with Gasteiger partial charge in [-0.05, 0) is 24.6 Å². The lowest BCUT2D eigenvalue weighted by atomic mass is 10.2. The lowest BCUT2D eigenvalue weighted by Gasteiger charge is -1.91. The van der Waals surface area contributed by atoms with Gasteiger partial charge in [-0.3, -0.25) is 4.79 Å². The number of H-pyrrole nitrogens is 1.